The average Bonchev–Trinajstić information content (AvgIpc) is 2.90. The molecule has 118 valence electrons. The highest BCUT2D eigenvalue weighted by Crippen LogP contribution is 2.24. The Bertz CT molecular complexity index is 451. The van der Waals surface area contributed by atoms with E-state index in [0.717, 1.165) is 39.0 Å². The van der Waals surface area contributed by atoms with Crippen LogP contribution in [0, 0.1) is 12.8 Å². The van der Waals surface area contributed by atoms with Crippen LogP contribution < -0.4 is 0 Å². The van der Waals surface area contributed by atoms with Gasteiger partial charge in [-0.3, -0.25) is 4.79 Å². The molecule has 0 saturated carbocycles. The standard InChI is InChI=1S/C17H27NO2S/c1-4-14(3)18(12-16-13(2)7-10-21-16)17(19)11-15-5-8-20-9-6-15/h7,10,14-15H,4-6,8-9,11-12H2,1-3H3. The van der Waals surface area contributed by atoms with Crippen LogP contribution in [0.2, 0.25) is 0 Å². The molecule has 1 aliphatic rings. The normalized spacial score (nSPS) is 17.7. The molecule has 3 nitrogen and oxygen atoms in total. The quantitative estimate of drug-likeness (QED) is 0.795. The highest BCUT2D eigenvalue weighted by atomic mass is 32.1. The van der Waals surface area contributed by atoms with Crippen LogP contribution in [-0.2, 0) is 16.1 Å². The third kappa shape index (κ3) is 4.55. The van der Waals surface area contributed by atoms with Gasteiger partial charge in [0.2, 0.25) is 5.91 Å². The summed E-state index contributed by atoms with van der Waals surface area (Å²) in [4.78, 5) is 16.1. The van der Waals surface area contributed by atoms with E-state index in [2.05, 4.69) is 37.1 Å². The highest BCUT2D eigenvalue weighted by Gasteiger charge is 2.24. The van der Waals surface area contributed by atoms with Gasteiger partial charge in [0.15, 0.2) is 0 Å². The Labute approximate surface area is 132 Å². The Balaban J connectivity index is 2.00. The predicted octanol–water partition coefficient (Wildman–Crippen LogP) is 4.00. The van der Waals surface area contributed by atoms with Crippen molar-refractivity contribution in [3.05, 3.63) is 21.9 Å². The molecule has 0 aromatic carbocycles. The lowest BCUT2D eigenvalue weighted by molar-refractivity contribution is -0.135. The lowest BCUT2D eigenvalue weighted by Crippen LogP contribution is -2.39. The number of amides is 1. The number of hydrogen-bond acceptors (Lipinski definition) is 3. The molecule has 21 heavy (non-hydrogen) atoms. The maximum Gasteiger partial charge on any atom is 0.223 e. The molecule has 1 atom stereocenters. The summed E-state index contributed by atoms with van der Waals surface area (Å²) in [5, 5.41) is 2.11. The van der Waals surface area contributed by atoms with E-state index in [9.17, 15) is 4.79 Å². The summed E-state index contributed by atoms with van der Waals surface area (Å²) >= 11 is 1.76. The van der Waals surface area contributed by atoms with Crippen LogP contribution in [0.5, 0.6) is 0 Å². The second-order valence-corrected chi connectivity index (χ2v) is 7.07. The first-order valence-electron chi connectivity index (χ1n) is 8.02. The van der Waals surface area contributed by atoms with Crippen molar-refractivity contribution in [3.63, 3.8) is 0 Å². The Hall–Kier alpha value is -0.870. The van der Waals surface area contributed by atoms with Crippen LogP contribution >= 0.6 is 11.3 Å². The SMILES string of the molecule is CCC(C)N(Cc1sccc1C)C(=O)CC1CCOCC1. The van der Waals surface area contributed by atoms with Crippen LogP contribution in [0.25, 0.3) is 0 Å². The van der Waals surface area contributed by atoms with E-state index >= 15 is 0 Å². The molecule has 0 bridgehead atoms. The Kier molecular flexibility index (Phi) is 6.24. The molecule has 2 rings (SSSR count). The van der Waals surface area contributed by atoms with E-state index in [4.69, 9.17) is 4.74 Å². The van der Waals surface area contributed by atoms with Gasteiger partial charge in [-0.1, -0.05) is 6.92 Å². The first-order chi connectivity index (χ1) is 10.1. The van der Waals surface area contributed by atoms with Crippen molar-refractivity contribution in [2.24, 2.45) is 5.92 Å². The molecule has 1 amide bonds. The van der Waals surface area contributed by atoms with Crippen LogP contribution in [0.4, 0.5) is 0 Å². The minimum Gasteiger partial charge on any atom is -0.381 e. The summed E-state index contributed by atoms with van der Waals surface area (Å²) in [7, 11) is 0. The summed E-state index contributed by atoms with van der Waals surface area (Å²) in [6.45, 7) is 8.83. The molecule has 0 N–H and O–H groups in total. The third-order valence-electron chi connectivity index (χ3n) is 4.53. The minimum absolute atomic E-state index is 0.304. The molecule has 1 aliphatic heterocycles. The van der Waals surface area contributed by atoms with Crippen molar-refractivity contribution in [2.75, 3.05) is 13.2 Å². The Morgan fingerprint density at radius 2 is 2.19 bits per heavy atom. The van der Waals surface area contributed by atoms with Crippen molar-refractivity contribution in [1.29, 1.82) is 0 Å². The van der Waals surface area contributed by atoms with E-state index in [0.29, 0.717) is 24.3 Å². The predicted molar refractivity (Wildman–Crippen MR) is 87.5 cm³/mol. The van der Waals surface area contributed by atoms with Crippen molar-refractivity contribution >= 4 is 17.2 Å². The van der Waals surface area contributed by atoms with Crippen LogP contribution in [0.15, 0.2) is 11.4 Å². The average molecular weight is 309 g/mol. The fraction of sp³-hybridized carbons (Fsp3) is 0.706. The second kappa shape index (κ2) is 7.95. The van der Waals surface area contributed by atoms with Crippen molar-refractivity contribution in [3.8, 4) is 0 Å². The van der Waals surface area contributed by atoms with Crippen molar-refractivity contribution in [2.45, 2.75) is 59.0 Å². The summed E-state index contributed by atoms with van der Waals surface area (Å²) < 4.78 is 5.39. The maximum absolute atomic E-state index is 12.7. The molecule has 4 heteroatoms. The van der Waals surface area contributed by atoms with Crippen molar-refractivity contribution < 1.29 is 9.53 Å². The van der Waals surface area contributed by atoms with Crippen LogP contribution in [0.1, 0.15) is 50.0 Å². The lowest BCUT2D eigenvalue weighted by atomic mass is 9.95. The van der Waals surface area contributed by atoms with Gasteiger partial charge in [-0.25, -0.2) is 0 Å². The van der Waals surface area contributed by atoms with Gasteiger partial charge in [0, 0.05) is 30.6 Å². The van der Waals surface area contributed by atoms with Crippen LogP contribution in [0.3, 0.4) is 0 Å². The summed E-state index contributed by atoms with van der Waals surface area (Å²) in [5.74, 6) is 0.811. The summed E-state index contributed by atoms with van der Waals surface area (Å²) in [5.41, 5.74) is 1.30. The lowest BCUT2D eigenvalue weighted by Gasteiger charge is -2.31. The van der Waals surface area contributed by atoms with Gasteiger partial charge in [0.1, 0.15) is 0 Å². The molecular formula is C17H27NO2S. The van der Waals surface area contributed by atoms with Gasteiger partial charge in [-0.05, 0) is 56.0 Å². The zero-order valence-corrected chi connectivity index (χ0v) is 14.2. The Morgan fingerprint density at radius 3 is 2.76 bits per heavy atom. The largest absolute Gasteiger partial charge is 0.381 e. The number of thiophene rings is 1. The fourth-order valence-corrected chi connectivity index (χ4v) is 3.65. The number of hydrogen-bond donors (Lipinski definition) is 0. The summed E-state index contributed by atoms with van der Waals surface area (Å²) in [6.07, 6.45) is 3.73. The van der Waals surface area contributed by atoms with Crippen LogP contribution in [-0.4, -0.2) is 30.1 Å². The third-order valence-corrected chi connectivity index (χ3v) is 5.54. The van der Waals surface area contributed by atoms with Gasteiger partial charge in [0.25, 0.3) is 0 Å². The monoisotopic (exact) mass is 309 g/mol. The molecule has 1 saturated heterocycles. The Morgan fingerprint density at radius 1 is 1.48 bits per heavy atom. The number of nitrogens with zero attached hydrogens (tertiary/aromatic N) is 1. The van der Waals surface area contributed by atoms with E-state index in [1.165, 1.54) is 10.4 Å². The van der Waals surface area contributed by atoms with Gasteiger partial charge in [-0.2, -0.15) is 0 Å². The van der Waals surface area contributed by atoms with E-state index in [-0.39, 0.29) is 0 Å². The number of carbonyl (C=O) groups excluding carboxylic acids is 1. The van der Waals surface area contributed by atoms with Gasteiger partial charge in [-0.15, -0.1) is 11.3 Å². The summed E-state index contributed by atoms with van der Waals surface area (Å²) in [6, 6.07) is 2.44. The van der Waals surface area contributed by atoms with Gasteiger partial charge < -0.3 is 9.64 Å². The number of carbonyl (C=O) groups is 1. The maximum atomic E-state index is 12.7. The highest BCUT2D eigenvalue weighted by molar-refractivity contribution is 7.10. The van der Waals surface area contributed by atoms with Gasteiger partial charge >= 0.3 is 0 Å². The van der Waals surface area contributed by atoms with E-state index in [1.807, 2.05) is 0 Å². The molecule has 1 fully saturated rings. The molecule has 0 radical (unpaired) electrons. The zero-order valence-electron chi connectivity index (χ0n) is 13.4. The first-order valence-corrected chi connectivity index (χ1v) is 8.90. The molecule has 0 aliphatic carbocycles. The molecule has 1 unspecified atom stereocenters. The zero-order chi connectivity index (χ0) is 15.2. The number of rotatable bonds is 6. The second-order valence-electron chi connectivity index (χ2n) is 6.07. The molecule has 2 heterocycles. The molecule has 0 spiro atoms. The molecule has 1 aromatic heterocycles. The van der Waals surface area contributed by atoms with E-state index < -0.39 is 0 Å². The van der Waals surface area contributed by atoms with Crippen molar-refractivity contribution in [1.82, 2.24) is 4.90 Å². The molecule has 1 aromatic rings. The number of aryl methyl sites for hydroxylation is 1. The first kappa shape index (κ1) is 16.5. The fourth-order valence-electron chi connectivity index (χ4n) is 2.75. The molecular weight excluding hydrogens is 282 g/mol. The smallest absolute Gasteiger partial charge is 0.223 e. The van der Waals surface area contributed by atoms with E-state index in [1.54, 1.807) is 11.3 Å². The number of ether oxygens (including phenoxy) is 1. The minimum atomic E-state index is 0.304. The van der Waals surface area contributed by atoms with Gasteiger partial charge in [0.05, 0.1) is 6.54 Å². The topological polar surface area (TPSA) is 29.5 Å².